The van der Waals surface area contributed by atoms with E-state index in [1.54, 1.807) is 34.0 Å². The van der Waals surface area contributed by atoms with Gasteiger partial charge in [-0.1, -0.05) is 18.2 Å². The van der Waals surface area contributed by atoms with Crippen LogP contribution in [0.2, 0.25) is 0 Å². The molecule has 0 saturated carbocycles. The van der Waals surface area contributed by atoms with Crippen LogP contribution in [0.25, 0.3) is 0 Å². The van der Waals surface area contributed by atoms with E-state index < -0.39 is 0 Å². The molecule has 0 unspecified atom stereocenters. The van der Waals surface area contributed by atoms with Gasteiger partial charge in [0.25, 0.3) is 5.84 Å². The third-order valence-electron chi connectivity index (χ3n) is 3.38. The second-order valence-electron chi connectivity index (χ2n) is 5.36. The predicted molar refractivity (Wildman–Crippen MR) is 144 cm³/mol. The number of rotatable bonds is 6. The van der Waals surface area contributed by atoms with E-state index in [9.17, 15) is 0 Å². The van der Waals surface area contributed by atoms with Crippen molar-refractivity contribution >= 4 is 89.5 Å². The van der Waals surface area contributed by atoms with E-state index in [2.05, 4.69) is 97.9 Å². The summed E-state index contributed by atoms with van der Waals surface area (Å²) in [5.41, 5.74) is 0. The van der Waals surface area contributed by atoms with Crippen molar-refractivity contribution in [3.05, 3.63) is 67.2 Å². The van der Waals surface area contributed by atoms with Gasteiger partial charge in [0.15, 0.2) is 0 Å². The Morgan fingerprint density at radius 1 is 0.931 bits per heavy atom. The maximum absolute atomic E-state index is 4.31. The number of halogens is 3. The number of aliphatic imine (C=N–C) groups is 2. The van der Waals surface area contributed by atoms with Crippen LogP contribution in [0.5, 0.6) is 0 Å². The third-order valence-corrected chi connectivity index (χ3v) is 5.88. The second-order valence-corrected chi connectivity index (χ2v) is 24.5. The molecule has 0 amide bonds. The van der Waals surface area contributed by atoms with Crippen LogP contribution in [0.15, 0.2) is 62.5 Å². The summed E-state index contributed by atoms with van der Waals surface area (Å²) in [6.07, 6.45) is 3.82. The minimum absolute atomic E-state index is 0.530. The summed E-state index contributed by atoms with van der Waals surface area (Å²) in [6, 6.07) is 12.4. The molecule has 0 atom stereocenters. The van der Waals surface area contributed by atoms with Gasteiger partial charge in [-0.25, -0.2) is 0 Å². The van der Waals surface area contributed by atoms with Gasteiger partial charge in [0.05, 0.1) is 13.1 Å². The van der Waals surface area contributed by atoms with Gasteiger partial charge in [0.1, 0.15) is 18.0 Å². The molecule has 3 aromatic heterocycles. The van der Waals surface area contributed by atoms with Gasteiger partial charge in [-0.05, 0) is 34.3 Å². The number of nitrogens with zero attached hydrogens (tertiary/aromatic N) is 2. The Morgan fingerprint density at radius 2 is 1.48 bits per heavy atom. The van der Waals surface area contributed by atoms with E-state index in [-0.39, 0.29) is 0 Å². The molecule has 0 radical (unpaired) electrons. The van der Waals surface area contributed by atoms with Gasteiger partial charge >= 0.3 is 50.5 Å². The minimum Gasteiger partial charge on any atom is -0.270 e. The summed E-state index contributed by atoms with van der Waals surface area (Å²) in [6.45, 7) is 3.60. The van der Waals surface area contributed by atoms with Crippen molar-refractivity contribution in [3.8, 4) is 0 Å². The number of nitrogens with one attached hydrogen (secondary N) is 2. The van der Waals surface area contributed by atoms with E-state index >= 15 is 0 Å². The fraction of sp³-hybridized carbons (Fsp3) is 0.211. The SMILES string of the molecule is C(=NCCN=Cc1cccs1)c1cccs1.I[I-]I.c1csc(C2=[NH+]CCN2)c1. The van der Waals surface area contributed by atoms with Crippen molar-refractivity contribution in [2.45, 2.75) is 0 Å². The molecule has 2 N–H and O–H groups in total. The van der Waals surface area contributed by atoms with Crippen molar-refractivity contribution in [2.24, 2.45) is 9.98 Å². The second kappa shape index (κ2) is 16.8. The molecule has 3 aromatic rings. The maximum atomic E-state index is 4.31. The van der Waals surface area contributed by atoms with Crippen LogP contribution in [-0.2, 0) is 0 Å². The molecule has 0 aliphatic carbocycles. The largest absolute Gasteiger partial charge is 0.285 e. The van der Waals surface area contributed by atoms with Crippen molar-refractivity contribution < 1.29 is 18.2 Å². The van der Waals surface area contributed by atoms with E-state index in [1.165, 1.54) is 20.5 Å². The summed E-state index contributed by atoms with van der Waals surface area (Å²) in [5.74, 6) is 1.19. The third kappa shape index (κ3) is 11.3. The molecule has 1 aliphatic rings. The zero-order chi connectivity index (χ0) is 20.6. The number of hydrogen-bond acceptors (Lipinski definition) is 6. The Hall–Kier alpha value is 0.1000. The minimum atomic E-state index is 0.530. The standard InChI is InChI=1S/C12H12N2S2.C7H8N2S.I3/c1-3-11(15-7-1)9-13-5-6-14-10-12-4-2-8-16-12;1-2-6(10-5-1)7-8-3-4-9-7;1-3-2/h1-4,7-10H,5-6H2;1-2,5H,3-4H2,(H,8,9);/q;;-1/p+1. The van der Waals surface area contributed by atoms with Gasteiger partial charge < -0.3 is 0 Å². The van der Waals surface area contributed by atoms with E-state index in [4.69, 9.17) is 0 Å². The van der Waals surface area contributed by atoms with Crippen molar-refractivity contribution in [2.75, 3.05) is 26.2 Å². The Bertz CT molecular complexity index is 801. The first-order valence-electron chi connectivity index (χ1n) is 8.65. The summed E-state index contributed by atoms with van der Waals surface area (Å²) >= 11 is 10.5. The average molecular weight is 782 g/mol. The first kappa shape index (κ1) is 25.4. The van der Waals surface area contributed by atoms with Crippen LogP contribution in [0.4, 0.5) is 0 Å². The Kier molecular flexibility index (Phi) is 14.6. The van der Waals surface area contributed by atoms with Crippen molar-refractivity contribution in [1.29, 1.82) is 0 Å². The summed E-state index contributed by atoms with van der Waals surface area (Å²) in [7, 11) is 0. The van der Waals surface area contributed by atoms with E-state index in [0.29, 0.717) is 13.3 Å². The van der Waals surface area contributed by atoms with Crippen LogP contribution in [0.3, 0.4) is 0 Å². The molecule has 4 nitrogen and oxygen atoms in total. The van der Waals surface area contributed by atoms with Crippen LogP contribution in [-0.4, -0.2) is 44.4 Å². The molecular formula is C19H21I3N4S3. The monoisotopic (exact) mass is 782 g/mol. The molecule has 0 aromatic carbocycles. The summed E-state index contributed by atoms with van der Waals surface area (Å²) < 4.78 is 0. The average Bonchev–Trinajstić information content (AvgIpc) is 3.52. The summed E-state index contributed by atoms with van der Waals surface area (Å²) in [5, 5.41) is 9.47. The molecule has 0 spiro atoms. The van der Waals surface area contributed by atoms with Gasteiger partial charge in [0, 0.05) is 22.2 Å². The Morgan fingerprint density at radius 3 is 1.90 bits per heavy atom. The van der Waals surface area contributed by atoms with Crippen LogP contribution in [0.1, 0.15) is 14.6 Å². The zero-order valence-electron chi connectivity index (χ0n) is 15.4. The van der Waals surface area contributed by atoms with E-state index in [1.807, 2.05) is 24.6 Å². The van der Waals surface area contributed by atoms with Crippen molar-refractivity contribution in [1.82, 2.24) is 5.32 Å². The summed E-state index contributed by atoms with van der Waals surface area (Å²) in [4.78, 5) is 15.6. The van der Waals surface area contributed by atoms with Gasteiger partial charge in [-0.2, -0.15) is 0 Å². The Labute approximate surface area is 213 Å². The number of amidine groups is 1. The van der Waals surface area contributed by atoms with Gasteiger partial charge in [-0.3, -0.25) is 20.3 Å². The smallest absolute Gasteiger partial charge is 0.270 e. The van der Waals surface area contributed by atoms with Gasteiger partial charge in [0.2, 0.25) is 0 Å². The number of thiophene rings is 3. The number of hydrogen-bond donors (Lipinski definition) is 2. The zero-order valence-corrected chi connectivity index (χ0v) is 24.4. The van der Waals surface area contributed by atoms with Crippen molar-refractivity contribution in [3.63, 3.8) is 0 Å². The van der Waals surface area contributed by atoms with Crippen LogP contribution >= 0.6 is 71.2 Å². The molecular weight excluding hydrogens is 761 g/mol. The normalized spacial score (nSPS) is 13.0. The molecule has 156 valence electrons. The van der Waals surface area contributed by atoms with Crippen LogP contribution in [0, 0.1) is 0 Å². The maximum Gasteiger partial charge on any atom is 0.285 e. The molecule has 0 fully saturated rings. The first-order valence-corrected chi connectivity index (χ1v) is 23.9. The molecule has 4 heterocycles. The molecule has 29 heavy (non-hydrogen) atoms. The molecule has 0 saturated heterocycles. The molecule has 1 aliphatic heterocycles. The topological polar surface area (TPSA) is 50.7 Å². The fourth-order valence-corrected chi connectivity index (χ4v) is 4.12. The van der Waals surface area contributed by atoms with Gasteiger partial charge in [-0.15, -0.1) is 34.0 Å². The molecule has 0 bridgehead atoms. The predicted octanol–water partition coefficient (Wildman–Crippen LogP) is 1.30. The molecule has 4 rings (SSSR count). The fourth-order valence-electron chi connectivity index (χ4n) is 2.19. The quantitative estimate of drug-likeness (QED) is 0.222. The Balaban J connectivity index is 0.000000196. The van der Waals surface area contributed by atoms with E-state index in [0.717, 1.165) is 26.2 Å². The first-order chi connectivity index (χ1) is 14.3. The van der Waals surface area contributed by atoms with Crippen LogP contribution < -0.4 is 23.6 Å². The molecule has 10 heteroatoms.